The maximum absolute atomic E-state index is 12.1. The van der Waals surface area contributed by atoms with Crippen molar-refractivity contribution >= 4 is 23.2 Å². The predicted octanol–water partition coefficient (Wildman–Crippen LogP) is 1.34. The van der Waals surface area contributed by atoms with Crippen LogP contribution in [0, 0.1) is 0 Å². The lowest BCUT2D eigenvalue weighted by Crippen LogP contribution is -2.35. The minimum absolute atomic E-state index is 0.0826. The third-order valence-electron chi connectivity index (χ3n) is 3.15. The van der Waals surface area contributed by atoms with Gasteiger partial charge >= 0.3 is 0 Å². The van der Waals surface area contributed by atoms with E-state index in [1.54, 1.807) is 18.2 Å². The molecule has 1 aliphatic heterocycles. The van der Waals surface area contributed by atoms with Crippen molar-refractivity contribution in [1.29, 1.82) is 0 Å². The summed E-state index contributed by atoms with van der Waals surface area (Å²) in [6, 6.07) is 4.96. The zero-order valence-electron chi connectivity index (χ0n) is 11.7. The predicted molar refractivity (Wildman–Crippen MR) is 77.0 cm³/mol. The van der Waals surface area contributed by atoms with Crippen LogP contribution in [0.5, 0.6) is 5.75 Å². The Morgan fingerprint density at radius 1 is 1.35 bits per heavy atom. The Labute approximate surface area is 117 Å². The first-order valence-electron chi connectivity index (χ1n) is 6.60. The topological polar surface area (TPSA) is 79.5 Å². The Hall–Kier alpha value is -2.08. The summed E-state index contributed by atoms with van der Waals surface area (Å²) < 4.78 is 5.22. The molecular formula is C14H19N3O3. The van der Waals surface area contributed by atoms with Crippen LogP contribution in [0.25, 0.3) is 0 Å². The molecule has 1 heterocycles. The van der Waals surface area contributed by atoms with E-state index in [1.165, 1.54) is 14.0 Å². The second-order valence-corrected chi connectivity index (χ2v) is 4.73. The molecule has 1 aliphatic rings. The number of carbonyl (C=O) groups excluding carboxylic acids is 2. The summed E-state index contributed by atoms with van der Waals surface area (Å²) in [5.74, 6) is 0.316. The van der Waals surface area contributed by atoms with Crippen molar-refractivity contribution in [2.75, 3.05) is 24.3 Å². The number of ether oxygens (including phenoxy) is 1. The van der Waals surface area contributed by atoms with Gasteiger partial charge in [0, 0.05) is 12.6 Å². The van der Waals surface area contributed by atoms with Gasteiger partial charge in [0.2, 0.25) is 11.8 Å². The monoisotopic (exact) mass is 277 g/mol. The van der Waals surface area contributed by atoms with Gasteiger partial charge in [-0.3, -0.25) is 9.59 Å². The van der Waals surface area contributed by atoms with E-state index in [-0.39, 0.29) is 17.9 Å². The molecule has 6 heteroatoms. The Balaban J connectivity index is 2.14. The van der Waals surface area contributed by atoms with Crippen LogP contribution in [0.2, 0.25) is 0 Å². The number of hydrogen-bond acceptors (Lipinski definition) is 4. The van der Waals surface area contributed by atoms with Crippen molar-refractivity contribution < 1.29 is 14.3 Å². The van der Waals surface area contributed by atoms with Crippen LogP contribution in [-0.4, -0.2) is 31.5 Å². The van der Waals surface area contributed by atoms with Crippen LogP contribution in [0.1, 0.15) is 19.8 Å². The first-order valence-corrected chi connectivity index (χ1v) is 6.60. The molecule has 0 radical (unpaired) electrons. The van der Waals surface area contributed by atoms with Crippen LogP contribution in [0.4, 0.5) is 11.4 Å². The first kappa shape index (κ1) is 14.3. The van der Waals surface area contributed by atoms with Gasteiger partial charge in [0.15, 0.2) is 0 Å². The van der Waals surface area contributed by atoms with Crippen LogP contribution < -0.4 is 20.7 Å². The molecule has 108 valence electrons. The van der Waals surface area contributed by atoms with Gasteiger partial charge in [-0.2, -0.15) is 0 Å². The zero-order valence-corrected chi connectivity index (χ0v) is 11.7. The molecule has 6 nitrogen and oxygen atoms in total. The lowest BCUT2D eigenvalue weighted by atomic mass is 10.2. The average Bonchev–Trinajstić information content (AvgIpc) is 2.92. The van der Waals surface area contributed by atoms with E-state index in [1.807, 2.05) is 0 Å². The number of benzene rings is 1. The van der Waals surface area contributed by atoms with Crippen molar-refractivity contribution in [3.05, 3.63) is 18.2 Å². The van der Waals surface area contributed by atoms with E-state index >= 15 is 0 Å². The number of methoxy groups -OCH3 is 1. The van der Waals surface area contributed by atoms with Crippen LogP contribution in [-0.2, 0) is 9.59 Å². The van der Waals surface area contributed by atoms with Gasteiger partial charge in [-0.25, -0.2) is 0 Å². The molecule has 2 rings (SSSR count). The van der Waals surface area contributed by atoms with Crippen molar-refractivity contribution in [3.63, 3.8) is 0 Å². The Bertz CT molecular complexity index is 510. The van der Waals surface area contributed by atoms with E-state index in [0.29, 0.717) is 17.1 Å². The summed E-state index contributed by atoms with van der Waals surface area (Å²) in [7, 11) is 1.54. The normalized spacial score (nSPS) is 17.6. The molecule has 2 amide bonds. The summed E-state index contributed by atoms with van der Waals surface area (Å²) in [5, 5.41) is 8.66. The number of rotatable bonds is 4. The number of nitrogens with one attached hydrogen (secondary N) is 3. The highest BCUT2D eigenvalue weighted by molar-refractivity contribution is 5.97. The van der Waals surface area contributed by atoms with Gasteiger partial charge in [0.25, 0.3) is 0 Å². The molecule has 20 heavy (non-hydrogen) atoms. The quantitative estimate of drug-likeness (QED) is 0.776. The molecule has 3 N–H and O–H groups in total. The molecule has 0 spiro atoms. The molecule has 1 aromatic rings. The highest BCUT2D eigenvalue weighted by atomic mass is 16.5. The van der Waals surface area contributed by atoms with Crippen molar-refractivity contribution in [3.8, 4) is 5.75 Å². The van der Waals surface area contributed by atoms with E-state index in [2.05, 4.69) is 16.0 Å². The van der Waals surface area contributed by atoms with Gasteiger partial charge in [0.05, 0.1) is 18.8 Å². The molecule has 0 unspecified atom stereocenters. The third kappa shape index (κ3) is 3.48. The van der Waals surface area contributed by atoms with E-state index < -0.39 is 0 Å². The second-order valence-electron chi connectivity index (χ2n) is 4.73. The van der Waals surface area contributed by atoms with Gasteiger partial charge in [-0.15, -0.1) is 0 Å². The highest BCUT2D eigenvalue weighted by Crippen LogP contribution is 2.28. The van der Waals surface area contributed by atoms with Crippen LogP contribution in [0.15, 0.2) is 18.2 Å². The smallest absolute Gasteiger partial charge is 0.241 e. The summed E-state index contributed by atoms with van der Waals surface area (Å²) in [5.41, 5.74) is 1.17. The van der Waals surface area contributed by atoms with Gasteiger partial charge < -0.3 is 20.7 Å². The second kappa shape index (κ2) is 6.38. The largest absolute Gasteiger partial charge is 0.495 e. The Kier molecular flexibility index (Phi) is 4.57. The molecular weight excluding hydrogens is 258 g/mol. The van der Waals surface area contributed by atoms with Crippen LogP contribution >= 0.6 is 0 Å². The lowest BCUT2D eigenvalue weighted by molar-refractivity contribution is -0.117. The average molecular weight is 277 g/mol. The minimum Gasteiger partial charge on any atom is -0.495 e. The molecule has 0 aromatic heterocycles. The standard InChI is InChI=1S/C14H19N3O3/c1-9(18)16-10-5-6-13(20-2)12(8-10)17-14(19)11-4-3-7-15-11/h5-6,8,11,15H,3-4,7H2,1-2H3,(H,16,18)(H,17,19)/t11-/m0/s1. The zero-order chi connectivity index (χ0) is 14.5. The number of carbonyl (C=O) groups is 2. The summed E-state index contributed by atoms with van der Waals surface area (Å²) in [6.45, 7) is 2.30. The number of hydrogen-bond donors (Lipinski definition) is 3. The van der Waals surface area contributed by atoms with Crippen LogP contribution in [0.3, 0.4) is 0 Å². The molecule has 0 bridgehead atoms. The summed E-state index contributed by atoms with van der Waals surface area (Å²) in [4.78, 5) is 23.2. The number of anilines is 2. The maximum atomic E-state index is 12.1. The lowest BCUT2D eigenvalue weighted by Gasteiger charge is -2.15. The minimum atomic E-state index is -0.163. The fourth-order valence-electron chi connectivity index (χ4n) is 2.21. The van der Waals surface area contributed by atoms with Gasteiger partial charge in [-0.1, -0.05) is 0 Å². The van der Waals surface area contributed by atoms with E-state index in [4.69, 9.17) is 4.74 Å². The molecule has 1 fully saturated rings. The van der Waals surface area contributed by atoms with Crippen molar-refractivity contribution in [1.82, 2.24) is 5.32 Å². The highest BCUT2D eigenvalue weighted by Gasteiger charge is 2.22. The summed E-state index contributed by atoms with van der Waals surface area (Å²) in [6.07, 6.45) is 1.83. The molecule has 0 saturated carbocycles. The van der Waals surface area contributed by atoms with E-state index in [0.717, 1.165) is 19.4 Å². The fraction of sp³-hybridized carbons (Fsp3) is 0.429. The molecule has 0 aliphatic carbocycles. The van der Waals surface area contributed by atoms with Crippen molar-refractivity contribution in [2.24, 2.45) is 0 Å². The SMILES string of the molecule is COc1ccc(NC(C)=O)cc1NC(=O)[C@@H]1CCCN1. The fourth-order valence-corrected chi connectivity index (χ4v) is 2.21. The number of amides is 2. The van der Waals surface area contributed by atoms with E-state index in [9.17, 15) is 9.59 Å². The van der Waals surface area contributed by atoms with Gasteiger partial charge in [-0.05, 0) is 37.6 Å². The third-order valence-corrected chi connectivity index (χ3v) is 3.15. The summed E-state index contributed by atoms with van der Waals surface area (Å²) >= 11 is 0. The first-order chi connectivity index (χ1) is 9.60. The molecule has 1 atom stereocenters. The molecule has 1 saturated heterocycles. The maximum Gasteiger partial charge on any atom is 0.241 e. The Morgan fingerprint density at radius 2 is 2.15 bits per heavy atom. The van der Waals surface area contributed by atoms with Crippen molar-refractivity contribution in [2.45, 2.75) is 25.8 Å². The van der Waals surface area contributed by atoms with Gasteiger partial charge in [0.1, 0.15) is 5.75 Å². The Morgan fingerprint density at radius 3 is 2.75 bits per heavy atom. The molecule has 1 aromatic carbocycles.